The Bertz CT molecular complexity index is 893. The van der Waals surface area contributed by atoms with Gasteiger partial charge in [-0.05, 0) is 36.1 Å². The van der Waals surface area contributed by atoms with E-state index in [4.69, 9.17) is 4.74 Å². The molecule has 1 heterocycles. The Kier molecular flexibility index (Phi) is 5.50. The van der Waals surface area contributed by atoms with Gasteiger partial charge in [-0.3, -0.25) is 0 Å². The van der Waals surface area contributed by atoms with Gasteiger partial charge in [0.05, 0.1) is 0 Å². The monoisotopic (exact) mass is 348 g/mol. The minimum atomic E-state index is 0.445. The van der Waals surface area contributed by atoms with Crippen molar-refractivity contribution < 1.29 is 4.74 Å². The number of ether oxygens (including phenoxy) is 1. The van der Waals surface area contributed by atoms with Crippen LogP contribution < -0.4 is 10.1 Å². The van der Waals surface area contributed by atoms with Crippen LogP contribution in [0.25, 0.3) is 0 Å². The number of rotatable bonds is 6. The topological polar surface area (TPSA) is 70.8 Å². The Labute approximate surface area is 150 Å². The molecule has 25 heavy (non-hydrogen) atoms. The van der Waals surface area contributed by atoms with E-state index in [1.165, 1.54) is 18.1 Å². The number of nitrogens with zero attached hydrogens (tertiary/aromatic N) is 3. The lowest BCUT2D eigenvalue weighted by Crippen LogP contribution is -2.01. The molecule has 0 saturated heterocycles. The number of hydrogen-bond acceptors (Lipinski definition) is 6. The number of nitriles is 1. The van der Waals surface area contributed by atoms with Crippen LogP contribution in [0, 0.1) is 11.3 Å². The highest BCUT2D eigenvalue weighted by Crippen LogP contribution is 2.25. The second kappa shape index (κ2) is 8.18. The van der Waals surface area contributed by atoms with Crippen LogP contribution in [0.15, 0.2) is 66.0 Å². The van der Waals surface area contributed by atoms with Gasteiger partial charge in [-0.25, -0.2) is 9.97 Å². The van der Waals surface area contributed by atoms with Crippen LogP contribution in [0.4, 0.5) is 11.5 Å². The fourth-order valence-corrected chi connectivity index (χ4v) is 2.78. The third kappa shape index (κ3) is 4.28. The third-order valence-electron chi connectivity index (χ3n) is 3.46. The first-order valence-electron chi connectivity index (χ1n) is 7.63. The number of aromatic nitrogens is 2. The zero-order valence-electron chi connectivity index (χ0n) is 13.6. The quantitative estimate of drug-likeness (QED) is 0.526. The zero-order valence-corrected chi connectivity index (χ0v) is 14.5. The Morgan fingerprint density at radius 3 is 2.72 bits per heavy atom. The zero-order chi connectivity index (χ0) is 17.5. The van der Waals surface area contributed by atoms with E-state index in [1.807, 2.05) is 60.9 Å². The van der Waals surface area contributed by atoms with Crippen LogP contribution in [0.2, 0.25) is 0 Å². The standard InChI is InChI=1S/C19H16N4OS/c1-25-19-17(11-20)18(21-13-22-19)23-15-7-5-6-14(10-15)12-24-16-8-3-2-4-9-16/h2-10,13H,12H2,1H3,(H,21,22,23). The Balaban J connectivity index is 1.75. The fraction of sp³-hybridized carbons (Fsp3) is 0.105. The highest BCUT2D eigenvalue weighted by atomic mass is 32.2. The molecule has 0 aliphatic rings. The van der Waals surface area contributed by atoms with Gasteiger partial charge in [-0.1, -0.05) is 30.3 Å². The van der Waals surface area contributed by atoms with Crippen molar-refractivity contribution >= 4 is 23.3 Å². The van der Waals surface area contributed by atoms with Crippen molar-refractivity contribution in [1.29, 1.82) is 5.26 Å². The SMILES string of the molecule is CSc1ncnc(Nc2cccc(COc3ccccc3)c2)c1C#N. The van der Waals surface area contributed by atoms with E-state index in [0.717, 1.165) is 17.0 Å². The molecule has 0 fully saturated rings. The van der Waals surface area contributed by atoms with Crippen molar-refractivity contribution in [2.75, 3.05) is 11.6 Å². The number of nitrogens with one attached hydrogen (secondary N) is 1. The summed E-state index contributed by atoms with van der Waals surface area (Å²) < 4.78 is 5.77. The molecule has 0 amide bonds. The number of anilines is 2. The van der Waals surface area contributed by atoms with Crippen LogP contribution in [0.1, 0.15) is 11.1 Å². The summed E-state index contributed by atoms with van der Waals surface area (Å²) in [4.78, 5) is 8.31. The third-order valence-corrected chi connectivity index (χ3v) is 4.15. The van der Waals surface area contributed by atoms with Crippen molar-refractivity contribution in [1.82, 2.24) is 9.97 Å². The fourth-order valence-electron chi connectivity index (χ4n) is 2.28. The highest BCUT2D eigenvalue weighted by Gasteiger charge is 2.10. The second-order valence-electron chi connectivity index (χ2n) is 5.15. The molecule has 0 atom stereocenters. The molecule has 1 aromatic heterocycles. The number of benzene rings is 2. The van der Waals surface area contributed by atoms with Crippen molar-refractivity contribution in [3.05, 3.63) is 72.1 Å². The van der Waals surface area contributed by atoms with Gasteiger partial charge in [0.1, 0.15) is 35.3 Å². The van der Waals surface area contributed by atoms with Gasteiger partial charge in [0.25, 0.3) is 0 Å². The number of hydrogen-bond donors (Lipinski definition) is 1. The lowest BCUT2D eigenvalue weighted by molar-refractivity contribution is 0.306. The maximum absolute atomic E-state index is 9.37. The predicted molar refractivity (Wildman–Crippen MR) is 99.0 cm³/mol. The van der Waals surface area contributed by atoms with Crippen LogP contribution in [-0.2, 0) is 6.61 Å². The summed E-state index contributed by atoms with van der Waals surface area (Å²) >= 11 is 1.42. The molecule has 0 bridgehead atoms. The Morgan fingerprint density at radius 1 is 1.12 bits per heavy atom. The van der Waals surface area contributed by atoms with E-state index in [9.17, 15) is 5.26 Å². The van der Waals surface area contributed by atoms with Gasteiger partial charge in [-0.15, -0.1) is 11.8 Å². The summed E-state index contributed by atoms with van der Waals surface area (Å²) in [6, 6.07) is 19.7. The van der Waals surface area contributed by atoms with Gasteiger partial charge in [0, 0.05) is 5.69 Å². The van der Waals surface area contributed by atoms with Crippen molar-refractivity contribution in [3.8, 4) is 11.8 Å². The molecule has 0 radical (unpaired) electrons. The summed E-state index contributed by atoms with van der Waals surface area (Å²) in [6.45, 7) is 0.463. The second-order valence-corrected chi connectivity index (χ2v) is 5.94. The molecule has 1 N–H and O–H groups in total. The van der Waals surface area contributed by atoms with Crippen LogP contribution in [-0.4, -0.2) is 16.2 Å². The lowest BCUT2D eigenvalue weighted by atomic mass is 10.2. The van der Waals surface area contributed by atoms with E-state index in [1.54, 1.807) is 0 Å². The first-order chi connectivity index (χ1) is 12.3. The van der Waals surface area contributed by atoms with E-state index in [2.05, 4.69) is 21.4 Å². The summed E-state index contributed by atoms with van der Waals surface area (Å²) in [7, 11) is 0. The normalized spacial score (nSPS) is 10.1. The molecular formula is C19H16N4OS. The largest absolute Gasteiger partial charge is 0.489 e. The average Bonchev–Trinajstić information content (AvgIpc) is 2.67. The summed E-state index contributed by atoms with van der Waals surface area (Å²) in [5.41, 5.74) is 2.31. The first-order valence-corrected chi connectivity index (χ1v) is 8.85. The van der Waals surface area contributed by atoms with Gasteiger partial charge in [0.2, 0.25) is 0 Å². The van der Waals surface area contributed by atoms with Gasteiger partial charge >= 0.3 is 0 Å². The predicted octanol–water partition coefficient (Wildman–Crippen LogP) is 4.39. The van der Waals surface area contributed by atoms with Gasteiger partial charge < -0.3 is 10.1 Å². The van der Waals surface area contributed by atoms with E-state index in [0.29, 0.717) is 23.0 Å². The molecule has 2 aromatic carbocycles. The van der Waals surface area contributed by atoms with Gasteiger partial charge in [0.15, 0.2) is 5.82 Å². The van der Waals surface area contributed by atoms with Crippen molar-refractivity contribution in [2.24, 2.45) is 0 Å². The van der Waals surface area contributed by atoms with Gasteiger partial charge in [-0.2, -0.15) is 5.26 Å². The lowest BCUT2D eigenvalue weighted by Gasteiger charge is -2.11. The van der Waals surface area contributed by atoms with Crippen molar-refractivity contribution in [3.63, 3.8) is 0 Å². The molecule has 0 spiro atoms. The molecule has 124 valence electrons. The number of thioether (sulfide) groups is 1. The molecule has 6 heteroatoms. The van der Waals surface area contributed by atoms with Crippen LogP contribution in [0.3, 0.4) is 0 Å². The molecule has 0 aliphatic carbocycles. The Hall–Kier alpha value is -3.04. The minimum Gasteiger partial charge on any atom is -0.489 e. The molecule has 0 unspecified atom stereocenters. The molecule has 3 aromatic rings. The maximum atomic E-state index is 9.37. The average molecular weight is 348 g/mol. The van der Waals surface area contributed by atoms with Crippen LogP contribution >= 0.6 is 11.8 Å². The smallest absolute Gasteiger partial charge is 0.152 e. The highest BCUT2D eigenvalue weighted by molar-refractivity contribution is 7.98. The van der Waals surface area contributed by atoms with E-state index >= 15 is 0 Å². The van der Waals surface area contributed by atoms with E-state index < -0.39 is 0 Å². The summed E-state index contributed by atoms with van der Waals surface area (Å²) in [6.07, 6.45) is 3.34. The molecule has 3 rings (SSSR count). The van der Waals surface area contributed by atoms with E-state index in [-0.39, 0.29) is 0 Å². The summed E-state index contributed by atoms with van der Waals surface area (Å²) in [5.74, 6) is 1.33. The number of para-hydroxylation sites is 1. The van der Waals surface area contributed by atoms with Crippen LogP contribution in [0.5, 0.6) is 5.75 Å². The molecule has 5 nitrogen and oxygen atoms in total. The molecule has 0 aliphatic heterocycles. The van der Waals surface area contributed by atoms with Crippen molar-refractivity contribution in [2.45, 2.75) is 11.6 Å². The minimum absolute atomic E-state index is 0.445. The molecular weight excluding hydrogens is 332 g/mol. The summed E-state index contributed by atoms with van der Waals surface area (Å²) in [5, 5.41) is 13.2. The Morgan fingerprint density at radius 2 is 1.96 bits per heavy atom. The first kappa shape index (κ1) is 16.8. The maximum Gasteiger partial charge on any atom is 0.152 e. The molecule has 0 saturated carbocycles.